The van der Waals surface area contributed by atoms with Gasteiger partial charge >= 0.3 is 0 Å². The molecule has 0 fully saturated rings. The lowest BCUT2D eigenvalue weighted by molar-refractivity contribution is 0.805. The van der Waals surface area contributed by atoms with E-state index in [1.165, 1.54) is 22.4 Å². The monoisotopic (exact) mass is 245 g/mol. The van der Waals surface area contributed by atoms with E-state index >= 15 is 0 Å². The lowest BCUT2D eigenvalue weighted by Gasteiger charge is -2.15. The molecule has 2 atom stereocenters. The number of fused-ring (bicyclic) bond motifs is 3. The van der Waals surface area contributed by atoms with Crippen LogP contribution in [-0.4, -0.2) is 6.04 Å². The standard InChI is InChI=1S/C18H15N/c1-2-6-13(7-3-1)14-10-11-16-15-8-4-5-9-17(15)19-18(16)12-14/h1-12,15,17,19H. The summed E-state index contributed by atoms with van der Waals surface area (Å²) in [5.74, 6) is 0.491. The van der Waals surface area contributed by atoms with Gasteiger partial charge in [0.05, 0.1) is 6.04 Å². The Labute approximate surface area is 113 Å². The van der Waals surface area contributed by atoms with Gasteiger partial charge in [-0.1, -0.05) is 66.8 Å². The molecule has 1 N–H and O–H groups in total. The van der Waals surface area contributed by atoms with E-state index in [2.05, 4.69) is 78.2 Å². The molecule has 0 spiro atoms. The summed E-state index contributed by atoms with van der Waals surface area (Å²) >= 11 is 0. The van der Waals surface area contributed by atoms with Crippen molar-refractivity contribution >= 4 is 5.69 Å². The van der Waals surface area contributed by atoms with Crippen LogP contribution in [0.2, 0.25) is 0 Å². The van der Waals surface area contributed by atoms with E-state index in [0.29, 0.717) is 12.0 Å². The number of nitrogens with one attached hydrogen (secondary N) is 1. The van der Waals surface area contributed by atoms with Crippen molar-refractivity contribution in [3.05, 3.63) is 78.4 Å². The summed E-state index contributed by atoms with van der Waals surface area (Å²) < 4.78 is 0. The van der Waals surface area contributed by atoms with Gasteiger partial charge in [0.25, 0.3) is 0 Å². The Balaban J connectivity index is 1.77. The summed E-state index contributed by atoms with van der Waals surface area (Å²) in [6.07, 6.45) is 8.79. The number of hydrogen-bond donors (Lipinski definition) is 1. The quantitative estimate of drug-likeness (QED) is 0.787. The number of hydrogen-bond acceptors (Lipinski definition) is 1. The molecule has 2 aliphatic rings. The second-order valence-electron chi connectivity index (χ2n) is 5.13. The molecular formula is C18H15N. The van der Waals surface area contributed by atoms with Gasteiger partial charge in [0.2, 0.25) is 0 Å². The molecule has 0 radical (unpaired) electrons. The van der Waals surface area contributed by atoms with Crippen LogP contribution in [0.5, 0.6) is 0 Å². The highest BCUT2D eigenvalue weighted by Gasteiger charge is 2.29. The number of benzene rings is 2. The minimum atomic E-state index is 0.422. The Kier molecular flexibility index (Phi) is 2.31. The second-order valence-corrected chi connectivity index (χ2v) is 5.13. The third-order valence-corrected chi connectivity index (χ3v) is 3.98. The SMILES string of the molecule is C1=CC2Nc3cc(-c4ccccc4)ccc3C2C=C1. The Morgan fingerprint density at radius 3 is 2.53 bits per heavy atom. The van der Waals surface area contributed by atoms with Crippen molar-refractivity contribution in [2.24, 2.45) is 0 Å². The van der Waals surface area contributed by atoms with Crippen LogP contribution in [0.1, 0.15) is 11.5 Å². The van der Waals surface area contributed by atoms with Crippen LogP contribution in [0.4, 0.5) is 5.69 Å². The molecule has 2 unspecified atom stereocenters. The summed E-state index contributed by atoms with van der Waals surface area (Å²) in [5.41, 5.74) is 5.23. The molecule has 2 aromatic rings. The second kappa shape index (κ2) is 4.13. The fourth-order valence-corrected chi connectivity index (χ4v) is 3.00. The first-order chi connectivity index (χ1) is 9.42. The number of anilines is 1. The van der Waals surface area contributed by atoms with Gasteiger partial charge < -0.3 is 5.32 Å². The zero-order valence-corrected chi connectivity index (χ0v) is 10.6. The van der Waals surface area contributed by atoms with Crippen molar-refractivity contribution in [3.8, 4) is 11.1 Å². The van der Waals surface area contributed by atoms with Gasteiger partial charge in [0.1, 0.15) is 0 Å². The summed E-state index contributed by atoms with van der Waals surface area (Å²) in [6, 6.07) is 17.7. The van der Waals surface area contributed by atoms with Crippen molar-refractivity contribution in [2.45, 2.75) is 12.0 Å². The van der Waals surface area contributed by atoms with Crippen LogP contribution in [-0.2, 0) is 0 Å². The Hall–Kier alpha value is -2.28. The van der Waals surface area contributed by atoms with Crippen LogP contribution in [0.15, 0.2) is 72.8 Å². The zero-order valence-electron chi connectivity index (χ0n) is 10.6. The van der Waals surface area contributed by atoms with E-state index in [1.807, 2.05) is 0 Å². The number of allylic oxidation sites excluding steroid dienone is 2. The van der Waals surface area contributed by atoms with Gasteiger partial charge in [0.15, 0.2) is 0 Å². The van der Waals surface area contributed by atoms with Gasteiger partial charge in [0, 0.05) is 11.6 Å². The fourth-order valence-electron chi connectivity index (χ4n) is 3.00. The Morgan fingerprint density at radius 2 is 1.63 bits per heavy atom. The van der Waals surface area contributed by atoms with E-state index in [0.717, 1.165) is 0 Å². The molecule has 1 heteroatoms. The molecule has 2 aromatic carbocycles. The minimum Gasteiger partial charge on any atom is -0.378 e. The van der Waals surface area contributed by atoms with Crippen molar-refractivity contribution < 1.29 is 0 Å². The molecule has 0 saturated carbocycles. The minimum absolute atomic E-state index is 0.422. The molecule has 1 aliphatic carbocycles. The van der Waals surface area contributed by atoms with Crippen molar-refractivity contribution in [2.75, 3.05) is 5.32 Å². The van der Waals surface area contributed by atoms with Gasteiger partial charge in [-0.05, 0) is 22.8 Å². The molecule has 1 nitrogen and oxygen atoms in total. The highest BCUT2D eigenvalue weighted by molar-refractivity contribution is 5.73. The molecular weight excluding hydrogens is 230 g/mol. The smallest absolute Gasteiger partial charge is 0.0551 e. The molecule has 4 rings (SSSR count). The van der Waals surface area contributed by atoms with E-state index in [1.54, 1.807) is 0 Å². The third-order valence-electron chi connectivity index (χ3n) is 3.98. The van der Waals surface area contributed by atoms with Crippen LogP contribution in [0, 0.1) is 0 Å². The summed E-state index contributed by atoms with van der Waals surface area (Å²) in [5, 5.41) is 3.61. The van der Waals surface area contributed by atoms with Crippen LogP contribution in [0.3, 0.4) is 0 Å². The first-order valence-corrected chi connectivity index (χ1v) is 6.73. The van der Waals surface area contributed by atoms with Gasteiger partial charge in [-0.15, -0.1) is 0 Å². The Morgan fingerprint density at radius 1 is 0.789 bits per heavy atom. The molecule has 19 heavy (non-hydrogen) atoms. The summed E-state index contributed by atoms with van der Waals surface area (Å²) in [6.45, 7) is 0. The molecule has 1 aliphatic heterocycles. The average Bonchev–Trinajstić information content (AvgIpc) is 2.86. The van der Waals surface area contributed by atoms with E-state index in [4.69, 9.17) is 0 Å². The maximum absolute atomic E-state index is 3.61. The summed E-state index contributed by atoms with van der Waals surface area (Å²) in [4.78, 5) is 0. The third kappa shape index (κ3) is 1.70. The van der Waals surface area contributed by atoms with Gasteiger partial charge in [-0.3, -0.25) is 0 Å². The highest BCUT2D eigenvalue weighted by Crippen LogP contribution is 2.40. The zero-order chi connectivity index (χ0) is 12.7. The molecule has 1 heterocycles. The molecule has 0 bridgehead atoms. The van der Waals surface area contributed by atoms with Crippen molar-refractivity contribution in [1.82, 2.24) is 0 Å². The maximum atomic E-state index is 3.61. The molecule has 92 valence electrons. The molecule has 0 saturated heterocycles. The largest absolute Gasteiger partial charge is 0.378 e. The summed E-state index contributed by atoms with van der Waals surface area (Å²) in [7, 11) is 0. The lowest BCUT2D eigenvalue weighted by atomic mass is 9.91. The first kappa shape index (κ1) is 10.6. The van der Waals surface area contributed by atoms with Crippen LogP contribution < -0.4 is 5.32 Å². The van der Waals surface area contributed by atoms with E-state index in [-0.39, 0.29) is 0 Å². The average molecular weight is 245 g/mol. The van der Waals surface area contributed by atoms with Crippen LogP contribution in [0.25, 0.3) is 11.1 Å². The predicted octanol–water partition coefficient (Wildman–Crippen LogP) is 4.36. The lowest BCUT2D eigenvalue weighted by Crippen LogP contribution is -2.17. The molecule has 0 aromatic heterocycles. The van der Waals surface area contributed by atoms with E-state index < -0.39 is 0 Å². The highest BCUT2D eigenvalue weighted by atomic mass is 15.0. The first-order valence-electron chi connectivity index (χ1n) is 6.73. The van der Waals surface area contributed by atoms with Crippen molar-refractivity contribution in [1.29, 1.82) is 0 Å². The fraction of sp³-hybridized carbons (Fsp3) is 0.111. The topological polar surface area (TPSA) is 12.0 Å². The molecule has 0 amide bonds. The van der Waals surface area contributed by atoms with Crippen molar-refractivity contribution in [3.63, 3.8) is 0 Å². The van der Waals surface area contributed by atoms with Gasteiger partial charge in [-0.25, -0.2) is 0 Å². The normalized spacial score (nSPS) is 22.7. The number of rotatable bonds is 1. The predicted molar refractivity (Wildman–Crippen MR) is 80.3 cm³/mol. The van der Waals surface area contributed by atoms with Crippen LogP contribution >= 0.6 is 0 Å². The maximum Gasteiger partial charge on any atom is 0.0551 e. The van der Waals surface area contributed by atoms with E-state index in [9.17, 15) is 0 Å². The Bertz CT molecular complexity index is 667. The van der Waals surface area contributed by atoms with Gasteiger partial charge in [-0.2, -0.15) is 0 Å².